The molecule has 2 rings (SSSR count). The minimum Gasteiger partial charge on any atom is -0.468 e. The molecule has 4 heteroatoms. The molecule has 0 spiro atoms. The van der Waals surface area contributed by atoms with Gasteiger partial charge in [-0.15, -0.1) is 0 Å². The van der Waals surface area contributed by atoms with Crippen molar-refractivity contribution in [3.63, 3.8) is 0 Å². The van der Waals surface area contributed by atoms with Gasteiger partial charge in [-0.05, 0) is 23.8 Å². The number of nitrogens with zero attached hydrogens (tertiary/aromatic N) is 1. The van der Waals surface area contributed by atoms with Gasteiger partial charge in [0.1, 0.15) is 6.42 Å². The van der Waals surface area contributed by atoms with Crippen LogP contribution in [0.1, 0.15) is 12.0 Å². The Morgan fingerprint density at radius 1 is 1.33 bits per heavy atom. The zero-order valence-electron chi connectivity index (χ0n) is 9.93. The maximum absolute atomic E-state index is 10.9. The Labute approximate surface area is 105 Å². The second-order valence-corrected chi connectivity index (χ2v) is 3.60. The molecule has 90 valence electrons. The Bertz CT molecular complexity index is 575. The molecule has 4 nitrogen and oxygen atoms in total. The van der Waals surface area contributed by atoms with Gasteiger partial charge in [-0.1, -0.05) is 24.0 Å². The average Bonchev–Trinajstić information content (AvgIpc) is 2.93. The monoisotopic (exact) mass is 240 g/mol. The Kier molecular flexibility index (Phi) is 3.77. The summed E-state index contributed by atoms with van der Waals surface area (Å²) in [5.41, 5.74) is 2.87. The van der Waals surface area contributed by atoms with E-state index in [0.29, 0.717) is 0 Å². The van der Waals surface area contributed by atoms with Crippen LogP contribution in [0.15, 0.2) is 36.5 Å². The van der Waals surface area contributed by atoms with Crippen molar-refractivity contribution in [3.05, 3.63) is 42.1 Å². The Hall–Kier alpha value is -2.54. The van der Waals surface area contributed by atoms with Crippen LogP contribution in [0.4, 0.5) is 0 Å². The van der Waals surface area contributed by atoms with Crippen molar-refractivity contribution in [2.75, 3.05) is 7.11 Å². The number of nitrogens with one attached hydrogen (secondary N) is 1. The second kappa shape index (κ2) is 5.69. The molecule has 0 bridgehead atoms. The molecule has 0 aliphatic heterocycles. The first-order valence-electron chi connectivity index (χ1n) is 5.45. The van der Waals surface area contributed by atoms with Gasteiger partial charge in [-0.25, -0.2) is 0 Å². The summed E-state index contributed by atoms with van der Waals surface area (Å²) >= 11 is 0. The van der Waals surface area contributed by atoms with E-state index < -0.39 is 0 Å². The third-order valence-corrected chi connectivity index (χ3v) is 2.39. The fraction of sp³-hybridized carbons (Fsp3) is 0.143. The molecule has 0 aliphatic carbocycles. The lowest BCUT2D eigenvalue weighted by atomic mass is 10.1. The van der Waals surface area contributed by atoms with Crippen molar-refractivity contribution in [3.8, 4) is 23.1 Å². The van der Waals surface area contributed by atoms with Crippen LogP contribution < -0.4 is 0 Å². The standard InChI is InChI=1S/C14H12N2O2/c1-18-14(17)4-2-3-11-5-7-12(8-6-11)13-9-10-15-16-13/h5-10H,4H2,1H3,(H,15,16). The Morgan fingerprint density at radius 2 is 2.11 bits per heavy atom. The number of benzene rings is 1. The highest BCUT2D eigenvalue weighted by molar-refractivity contribution is 5.72. The van der Waals surface area contributed by atoms with Crippen molar-refractivity contribution in [1.82, 2.24) is 10.2 Å². The number of ether oxygens (including phenoxy) is 1. The van der Waals surface area contributed by atoms with E-state index in [2.05, 4.69) is 26.8 Å². The normalized spacial score (nSPS) is 9.39. The van der Waals surface area contributed by atoms with Crippen LogP contribution in [0.25, 0.3) is 11.3 Å². The van der Waals surface area contributed by atoms with Crippen molar-refractivity contribution in [1.29, 1.82) is 0 Å². The van der Waals surface area contributed by atoms with Crippen LogP contribution in [0.5, 0.6) is 0 Å². The fourth-order valence-corrected chi connectivity index (χ4v) is 1.44. The van der Waals surface area contributed by atoms with E-state index in [1.165, 1.54) is 7.11 Å². The van der Waals surface area contributed by atoms with Crippen LogP contribution in [-0.4, -0.2) is 23.3 Å². The lowest BCUT2D eigenvalue weighted by Crippen LogP contribution is -1.96. The van der Waals surface area contributed by atoms with Gasteiger partial charge in [-0.3, -0.25) is 9.89 Å². The van der Waals surface area contributed by atoms with E-state index in [0.717, 1.165) is 16.8 Å². The predicted octanol–water partition coefficient (Wildman–Crippen LogP) is 1.99. The Morgan fingerprint density at radius 3 is 2.72 bits per heavy atom. The van der Waals surface area contributed by atoms with Gasteiger partial charge in [0.15, 0.2) is 0 Å². The number of hydrogen-bond acceptors (Lipinski definition) is 3. The number of hydrogen-bond donors (Lipinski definition) is 1. The van der Waals surface area contributed by atoms with Gasteiger partial charge in [0.2, 0.25) is 0 Å². The molecular weight excluding hydrogens is 228 g/mol. The number of aromatic amines is 1. The molecule has 1 N–H and O–H groups in total. The number of aromatic nitrogens is 2. The van der Waals surface area contributed by atoms with Crippen molar-refractivity contribution < 1.29 is 9.53 Å². The molecule has 0 saturated carbocycles. The third-order valence-electron chi connectivity index (χ3n) is 2.39. The molecule has 0 aliphatic rings. The molecule has 0 fully saturated rings. The first kappa shape index (κ1) is 11.9. The molecule has 0 radical (unpaired) electrons. The zero-order chi connectivity index (χ0) is 12.8. The summed E-state index contributed by atoms with van der Waals surface area (Å²) in [6.45, 7) is 0. The van der Waals surface area contributed by atoms with Crippen LogP contribution in [0, 0.1) is 11.8 Å². The second-order valence-electron chi connectivity index (χ2n) is 3.60. The van der Waals surface area contributed by atoms with Gasteiger partial charge in [0, 0.05) is 11.8 Å². The third kappa shape index (κ3) is 2.98. The van der Waals surface area contributed by atoms with Crippen LogP contribution in [0.2, 0.25) is 0 Å². The van der Waals surface area contributed by atoms with E-state index in [1.807, 2.05) is 30.3 Å². The smallest absolute Gasteiger partial charge is 0.317 e. The van der Waals surface area contributed by atoms with Crippen molar-refractivity contribution in [2.24, 2.45) is 0 Å². The minimum atomic E-state index is -0.323. The van der Waals surface area contributed by atoms with Gasteiger partial charge in [0.25, 0.3) is 0 Å². The first-order valence-corrected chi connectivity index (χ1v) is 5.45. The van der Waals surface area contributed by atoms with Crippen LogP contribution in [-0.2, 0) is 9.53 Å². The summed E-state index contributed by atoms with van der Waals surface area (Å²) in [5.74, 6) is 5.35. The zero-order valence-corrected chi connectivity index (χ0v) is 9.93. The molecule has 0 atom stereocenters. The largest absolute Gasteiger partial charge is 0.468 e. The molecule has 0 unspecified atom stereocenters. The number of methoxy groups -OCH3 is 1. The quantitative estimate of drug-likeness (QED) is 0.645. The van der Waals surface area contributed by atoms with Gasteiger partial charge < -0.3 is 4.74 Å². The van der Waals surface area contributed by atoms with Gasteiger partial charge >= 0.3 is 5.97 Å². The summed E-state index contributed by atoms with van der Waals surface area (Å²) in [6, 6.07) is 9.62. The van der Waals surface area contributed by atoms with E-state index >= 15 is 0 Å². The summed E-state index contributed by atoms with van der Waals surface area (Å²) in [5, 5.41) is 6.79. The number of rotatable bonds is 2. The number of carbonyl (C=O) groups is 1. The van der Waals surface area contributed by atoms with E-state index in [-0.39, 0.29) is 12.4 Å². The lowest BCUT2D eigenvalue weighted by Gasteiger charge is -1.97. The maximum Gasteiger partial charge on any atom is 0.317 e. The molecule has 0 amide bonds. The number of carbonyl (C=O) groups excluding carboxylic acids is 1. The molecule has 1 aromatic carbocycles. The molecule has 1 heterocycles. The number of H-pyrrole nitrogens is 1. The molecule has 0 saturated heterocycles. The highest BCUT2D eigenvalue weighted by Gasteiger charge is 1.98. The molecule has 1 aromatic heterocycles. The predicted molar refractivity (Wildman–Crippen MR) is 67.5 cm³/mol. The van der Waals surface area contributed by atoms with Gasteiger partial charge in [-0.2, -0.15) is 5.10 Å². The highest BCUT2D eigenvalue weighted by Crippen LogP contribution is 2.16. The van der Waals surface area contributed by atoms with Crippen molar-refractivity contribution in [2.45, 2.75) is 6.42 Å². The van der Waals surface area contributed by atoms with Crippen LogP contribution in [0.3, 0.4) is 0 Å². The maximum atomic E-state index is 10.9. The van der Waals surface area contributed by atoms with E-state index in [9.17, 15) is 4.79 Å². The molecule has 18 heavy (non-hydrogen) atoms. The van der Waals surface area contributed by atoms with E-state index in [4.69, 9.17) is 0 Å². The molecular formula is C14H12N2O2. The fourth-order valence-electron chi connectivity index (χ4n) is 1.44. The SMILES string of the molecule is COC(=O)CC#Cc1ccc(-c2ccn[nH]2)cc1. The summed E-state index contributed by atoms with van der Waals surface area (Å²) in [6.07, 6.45) is 1.82. The molecule has 2 aromatic rings. The topological polar surface area (TPSA) is 55.0 Å². The Balaban J connectivity index is 2.06. The van der Waals surface area contributed by atoms with Crippen LogP contribution >= 0.6 is 0 Å². The first-order chi connectivity index (χ1) is 8.79. The van der Waals surface area contributed by atoms with E-state index in [1.54, 1.807) is 6.20 Å². The lowest BCUT2D eigenvalue weighted by molar-refractivity contribution is -0.139. The number of esters is 1. The summed E-state index contributed by atoms with van der Waals surface area (Å²) < 4.78 is 4.50. The minimum absolute atomic E-state index is 0.110. The average molecular weight is 240 g/mol. The summed E-state index contributed by atoms with van der Waals surface area (Å²) in [7, 11) is 1.35. The van der Waals surface area contributed by atoms with Crippen molar-refractivity contribution >= 4 is 5.97 Å². The summed E-state index contributed by atoms with van der Waals surface area (Å²) in [4.78, 5) is 10.9. The highest BCUT2D eigenvalue weighted by atomic mass is 16.5. The van der Waals surface area contributed by atoms with Gasteiger partial charge in [0.05, 0.1) is 12.8 Å².